The number of carboxylic acids is 1. The molecular weight excluding hydrogens is 216 g/mol. The number of amides is 1. The molecule has 1 aromatic heterocycles. The Kier molecular flexibility index (Phi) is 4.23. The summed E-state index contributed by atoms with van der Waals surface area (Å²) in [6.07, 6.45) is 0.809. The van der Waals surface area contributed by atoms with Gasteiger partial charge in [-0.15, -0.1) is 11.3 Å². The Hall–Kier alpha value is -1.43. The highest BCUT2D eigenvalue weighted by atomic mass is 32.1. The molecule has 6 heteroatoms. The lowest BCUT2D eigenvalue weighted by Gasteiger charge is -2.08. The van der Waals surface area contributed by atoms with Crippen LogP contribution in [-0.4, -0.2) is 28.0 Å². The molecule has 0 radical (unpaired) electrons. The van der Waals surface area contributed by atoms with Gasteiger partial charge in [0, 0.05) is 11.8 Å². The van der Waals surface area contributed by atoms with Crippen molar-refractivity contribution < 1.29 is 14.7 Å². The van der Waals surface area contributed by atoms with Gasteiger partial charge >= 0.3 is 5.97 Å². The minimum absolute atomic E-state index is 0.265. The number of aromatic nitrogens is 1. The van der Waals surface area contributed by atoms with Crippen molar-refractivity contribution in [2.75, 3.05) is 0 Å². The van der Waals surface area contributed by atoms with Gasteiger partial charge in [-0.2, -0.15) is 0 Å². The lowest BCUT2D eigenvalue weighted by molar-refractivity contribution is -0.141. The molecule has 0 aliphatic rings. The molecule has 0 saturated heterocycles. The minimum Gasteiger partial charge on any atom is -0.480 e. The smallest absolute Gasteiger partial charge is 0.325 e. The van der Waals surface area contributed by atoms with E-state index < -0.39 is 12.0 Å². The molecule has 1 aromatic rings. The lowest BCUT2D eigenvalue weighted by Crippen LogP contribution is -2.38. The molecule has 5 nitrogen and oxygen atoms in total. The van der Waals surface area contributed by atoms with Crippen LogP contribution >= 0.6 is 11.3 Å². The Morgan fingerprint density at radius 3 is 2.93 bits per heavy atom. The fourth-order valence-electron chi connectivity index (χ4n) is 0.978. The zero-order valence-corrected chi connectivity index (χ0v) is 9.08. The molecule has 0 aliphatic carbocycles. The van der Waals surface area contributed by atoms with Crippen LogP contribution in [0.15, 0.2) is 10.9 Å². The number of aliphatic carboxylic acids is 1. The van der Waals surface area contributed by atoms with E-state index >= 15 is 0 Å². The minimum atomic E-state index is -1.03. The van der Waals surface area contributed by atoms with Gasteiger partial charge in [-0.3, -0.25) is 9.59 Å². The number of hydrogen-bond acceptors (Lipinski definition) is 4. The summed E-state index contributed by atoms with van der Waals surface area (Å²) in [6.45, 7) is 1.43. The summed E-state index contributed by atoms with van der Waals surface area (Å²) in [5.41, 5.74) is 2.56. The Bertz CT molecular complexity index is 337. The number of carbonyl (C=O) groups excluding carboxylic acids is 1. The third-order valence-corrected chi connectivity index (χ3v) is 2.47. The normalized spacial score (nSPS) is 12.1. The molecule has 0 spiro atoms. The van der Waals surface area contributed by atoms with Gasteiger partial charge in [-0.05, 0) is 13.3 Å². The first-order valence-electron chi connectivity index (χ1n) is 4.49. The Morgan fingerprint density at radius 2 is 2.40 bits per heavy atom. The predicted octanol–water partition coefficient (Wildman–Crippen LogP) is 0.665. The number of rotatable bonds is 5. The standard InChI is InChI=1S/C9H12N2O3S/c1-6(9(13)14)11-8(12)3-2-7-4-15-5-10-7/h4-6H,2-3H2,1H3,(H,11,12)(H,13,14). The van der Waals surface area contributed by atoms with E-state index in [4.69, 9.17) is 5.11 Å². The van der Waals surface area contributed by atoms with Crippen LogP contribution in [0.3, 0.4) is 0 Å². The van der Waals surface area contributed by atoms with E-state index in [0.717, 1.165) is 5.69 Å². The summed E-state index contributed by atoms with van der Waals surface area (Å²) in [5, 5.41) is 12.8. The van der Waals surface area contributed by atoms with Gasteiger partial charge in [0.05, 0.1) is 11.2 Å². The maximum Gasteiger partial charge on any atom is 0.325 e. The molecule has 0 fully saturated rings. The second-order valence-electron chi connectivity index (χ2n) is 3.11. The number of carboxylic acid groups (broad SMARTS) is 1. The molecule has 1 amide bonds. The third kappa shape index (κ3) is 4.07. The van der Waals surface area contributed by atoms with E-state index in [0.29, 0.717) is 6.42 Å². The van der Waals surface area contributed by atoms with E-state index in [9.17, 15) is 9.59 Å². The summed E-state index contributed by atoms with van der Waals surface area (Å²) in [7, 11) is 0. The van der Waals surface area contributed by atoms with Crippen molar-refractivity contribution in [3.8, 4) is 0 Å². The van der Waals surface area contributed by atoms with Crippen LogP contribution in [-0.2, 0) is 16.0 Å². The van der Waals surface area contributed by atoms with Crippen molar-refractivity contribution in [3.63, 3.8) is 0 Å². The highest BCUT2D eigenvalue weighted by molar-refractivity contribution is 7.07. The summed E-state index contributed by atoms with van der Waals surface area (Å²) < 4.78 is 0. The first kappa shape index (κ1) is 11.6. The highest BCUT2D eigenvalue weighted by Gasteiger charge is 2.13. The molecule has 1 heterocycles. The summed E-state index contributed by atoms with van der Waals surface area (Å²) in [5.74, 6) is -1.30. The van der Waals surface area contributed by atoms with Crippen molar-refractivity contribution in [2.45, 2.75) is 25.8 Å². The monoisotopic (exact) mass is 228 g/mol. The van der Waals surface area contributed by atoms with Crippen LogP contribution in [0.5, 0.6) is 0 Å². The molecule has 1 unspecified atom stereocenters. The van der Waals surface area contributed by atoms with Crippen LogP contribution in [0.4, 0.5) is 0 Å². The SMILES string of the molecule is CC(NC(=O)CCc1cscn1)C(=O)O. The van der Waals surface area contributed by atoms with Gasteiger partial charge in [0.25, 0.3) is 0 Å². The van der Waals surface area contributed by atoms with Crippen molar-refractivity contribution in [1.82, 2.24) is 10.3 Å². The van der Waals surface area contributed by atoms with E-state index in [1.807, 2.05) is 5.38 Å². The van der Waals surface area contributed by atoms with Crippen molar-refractivity contribution in [3.05, 3.63) is 16.6 Å². The fraction of sp³-hybridized carbons (Fsp3) is 0.444. The molecule has 2 N–H and O–H groups in total. The Labute approximate surface area is 91.1 Å². The molecule has 1 atom stereocenters. The third-order valence-electron chi connectivity index (χ3n) is 1.84. The van der Waals surface area contributed by atoms with Crippen LogP contribution in [0.2, 0.25) is 0 Å². The van der Waals surface area contributed by atoms with Crippen LogP contribution < -0.4 is 5.32 Å². The fourth-order valence-corrected chi connectivity index (χ4v) is 1.57. The van der Waals surface area contributed by atoms with E-state index in [2.05, 4.69) is 10.3 Å². The zero-order chi connectivity index (χ0) is 11.3. The first-order chi connectivity index (χ1) is 7.09. The maximum atomic E-state index is 11.3. The molecule has 0 saturated carbocycles. The number of hydrogen-bond donors (Lipinski definition) is 2. The maximum absolute atomic E-state index is 11.3. The largest absolute Gasteiger partial charge is 0.480 e. The molecule has 1 rings (SSSR count). The predicted molar refractivity (Wildman–Crippen MR) is 55.7 cm³/mol. The highest BCUT2D eigenvalue weighted by Crippen LogP contribution is 2.03. The topological polar surface area (TPSA) is 79.3 Å². The van der Waals surface area contributed by atoms with Gasteiger partial charge in [-0.25, -0.2) is 4.98 Å². The number of carbonyl (C=O) groups is 2. The zero-order valence-electron chi connectivity index (χ0n) is 8.27. The summed E-state index contributed by atoms with van der Waals surface area (Å²) >= 11 is 1.47. The first-order valence-corrected chi connectivity index (χ1v) is 5.43. The van der Waals surface area contributed by atoms with Gasteiger partial charge in [0.1, 0.15) is 6.04 Å². The lowest BCUT2D eigenvalue weighted by atomic mass is 10.2. The number of thiazole rings is 1. The molecule has 82 valence electrons. The van der Waals surface area contributed by atoms with E-state index in [-0.39, 0.29) is 12.3 Å². The summed E-state index contributed by atoms with van der Waals surface area (Å²) in [4.78, 5) is 25.7. The van der Waals surface area contributed by atoms with Gasteiger partial charge in [-0.1, -0.05) is 0 Å². The average Bonchev–Trinajstić information content (AvgIpc) is 2.66. The van der Waals surface area contributed by atoms with Crippen LogP contribution in [0.1, 0.15) is 19.0 Å². The number of nitrogens with zero attached hydrogens (tertiary/aromatic N) is 1. The molecule has 0 aliphatic heterocycles. The average molecular weight is 228 g/mol. The number of aryl methyl sites for hydroxylation is 1. The van der Waals surface area contributed by atoms with Crippen molar-refractivity contribution >= 4 is 23.2 Å². The molecular formula is C9H12N2O3S. The van der Waals surface area contributed by atoms with Crippen LogP contribution in [0.25, 0.3) is 0 Å². The Balaban J connectivity index is 2.28. The molecule has 0 bridgehead atoms. The summed E-state index contributed by atoms with van der Waals surface area (Å²) in [6, 6.07) is -0.840. The van der Waals surface area contributed by atoms with Crippen molar-refractivity contribution in [2.24, 2.45) is 0 Å². The van der Waals surface area contributed by atoms with E-state index in [1.165, 1.54) is 18.3 Å². The van der Waals surface area contributed by atoms with Crippen LogP contribution in [0, 0.1) is 0 Å². The van der Waals surface area contributed by atoms with Gasteiger partial charge < -0.3 is 10.4 Å². The van der Waals surface area contributed by atoms with Gasteiger partial charge in [0.2, 0.25) is 5.91 Å². The quantitative estimate of drug-likeness (QED) is 0.776. The second-order valence-corrected chi connectivity index (χ2v) is 3.83. The molecule has 15 heavy (non-hydrogen) atoms. The second kappa shape index (κ2) is 5.45. The Morgan fingerprint density at radius 1 is 1.67 bits per heavy atom. The number of nitrogens with one attached hydrogen (secondary N) is 1. The van der Waals surface area contributed by atoms with E-state index in [1.54, 1.807) is 5.51 Å². The van der Waals surface area contributed by atoms with Crippen molar-refractivity contribution in [1.29, 1.82) is 0 Å². The van der Waals surface area contributed by atoms with Gasteiger partial charge in [0.15, 0.2) is 0 Å². The molecule has 0 aromatic carbocycles.